The summed E-state index contributed by atoms with van der Waals surface area (Å²) >= 11 is 7.70. The van der Waals surface area contributed by atoms with E-state index in [1.54, 1.807) is 11.8 Å². The van der Waals surface area contributed by atoms with Gasteiger partial charge in [-0.05, 0) is 37.4 Å². The van der Waals surface area contributed by atoms with Crippen LogP contribution in [0.3, 0.4) is 0 Å². The second kappa shape index (κ2) is 6.94. The molecule has 1 aliphatic carbocycles. The van der Waals surface area contributed by atoms with Crippen LogP contribution in [0.2, 0.25) is 0 Å². The second-order valence-corrected chi connectivity index (χ2v) is 5.89. The van der Waals surface area contributed by atoms with Crippen molar-refractivity contribution in [3.63, 3.8) is 0 Å². The number of rotatable bonds is 5. The molecule has 1 fully saturated rings. The lowest BCUT2D eigenvalue weighted by Crippen LogP contribution is -2.20. The van der Waals surface area contributed by atoms with E-state index in [9.17, 15) is 0 Å². The Morgan fingerprint density at radius 3 is 2.21 bits per heavy atom. The summed E-state index contributed by atoms with van der Waals surface area (Å²) in [5, 5.41) is 18.2. The van der Waals surface area contributed by atoms with Gasteiger partial charge in [-0.3, -0.25) is 0 Å². The zero-order valence-electron chi connectivity index (χ0n) is 8.36. The maximum atomic E-state index is 8.90. The fourth-order valence-corrected chi connectivity index (χ4v) is 3.06. The van der Waals surface area contributed by atoms with Crippen molar-refractivity contribution in [2.45, 2.75) is 36.3 Å². The van der Waals surface area contributed by atoms with Crippen LogP contribution in [-0.4, -0.2) is 39.8 Å². The van der Waals surface area contributed by atoms with Crippen LogP contribution >= 0.6 is 23.4 Å². The fraction of sp³-hybridized carbons (Fsp3) is 1.00. The number of aliphatic hydroxyl groups is 2. The Balaban J connectivity index is 2.12. The lowest BCUT2D eigenvalue weighted by Gasteiger charge is -2.25. The van der Waals surface area contributed by atoms with Crippen LogP contribution in [0.25, 0.3) is 0 Å². The molecule has 14 heavy (non-hydrogen) atoms. The molecule has 0 atom stereocenters. The first-order valence-electron chi connectivity index (χ1n) is 5.23. The maximum Gasteiger partial charge on any atom is 0.0572 e. The van der Waals surface area contributed by atoms with E-state index in [0.717, 1.165) is 24.5 Å². The molecule has 1 saturated carbocycles. The molecule has 0 radical (unpaired) electrons. The van der Waals surface area contributed by atoms with Crippen molar-refractivity contribution in [3.05, 3.63) is 0 Å². The van der Waals surface area contributed by atoms with Gasteiger partial charge in [-0.1, -0.05) is 0 Å². The van der Waals surface area contributed by atoms with Crippen LogP contribution in [0.15, 0.2) is 0 Å². The van der Waals surface area contributed by atoms with Gasteiger partial charge in [0.1, 0.15) is 0 Å². The van der Waals surface area contributed by atoms with Crippen molar-refractivity contribution in [2.24, 2.45) is 5.92 Å². The van der Waals surface area contributed by atoms with Gasteiger partial charge in [-0.25, -0.2) is 0 Å². The Bertz CT molecular complexity index is 145. The predicted molar refractivity (Wildman–Crippen MR) is 62.0 cm³/mol. The zero-order chi connectivity index (χ0) is 10.4. The Hall–Kier alpha value is 0.560. The van der Waals surface area contributed by atoms with Crippen LogP contribution < -0.4 is 0 Å². The van der Waals surface area contributed by atoms with E-state index in [2.05, 4.69) is 0 Å². The van der Waals surface area contributed by atoms with Crippen molar-refractivity contribution in [1.82, 2.24) is 0 Å². The van der Waals surface area contributed by atoms with E-state index in [0.29, 0.717) is 5.38 Å². The van der Waals surface area contributed by atoms with Crippen molar-refractivity contribution in [2.75, 3.05) is 19.0 Å². The average molecular weight is 239 g/mol. The van der Waals surface area contributed by atoms with E-state index in [-0.39, 0.29) is 18.5 Å². The molecule has 2 nitrogen and oxygen atoms in total. The summed E-state index contributed by atoms with van der Waals surface area (Å²) in [5.41, 5.74) is 0. The molecule has 0 spiro atoms. The van der Waals surface area contributed by atoms with Crippen LogP contribution in [0.4, 0.5) is 0 Å². The third-order valence-electron chi connectivity index (χ3n) is 2.75. The van der Waals surface area contributed by atoms with Gasteiger partial charge in [0.2, 0.25) is 0 Å². The number of thioether (sulfide) groups is 1. The summed E-state index contributed by atoms with van der Waals surface area (Å²) in [4.78, 5) is 0. The highest BCUT2D eigenvalue weighted by Gasteiger charge is 2.20. The molecule has 1 aliphatic rings. The second-order valence-electron chi connectivity index (χ2n) is 3.94. The van der Waals surface area contributed by atoms with Crippen molar-refractivity contribution >= 4 is 23.4 Å². The SMILES string of the molecule is OCC(CO)SCC1CCC(Cl)CC1. The molecule has 4 heteroatoms. The maximum absolute atomic E-state index is 8.90. The quantitative estimate of drug-likeness (QED) is 0.719. The number of hydrogen-bond donors (Lipinski definition) is 2. The van der Waals surface area contributed by atoms with Gasteiger partial charge in [0, 0.05) is 5.38 Å². The predicted octanol–water partition coefficient (Wildman–Crippen LogP) is 1.87. The highest BCUT2D eigenvalue weighted by atomic mass is 35.5. The molecule has 1 rings (SSSR count). The monoisotopic (exact) mass is 238 g/mol. The van der Waals surface area contributed by atoms with Gasteiger partial charge < -0.3 is 10.2 Å². The smallest absolute Gasteiger partial charge is 0.0572 e. The van der Waals surface area contributed by atoms with E-state index in [1.165, 1.54) is 12.8 Å². The summed E-state index contributed by atoms with van der Waals surface area (Å²) in [6.45, 7) is 0.151. The highest BCUT2D eigenvalue weighted by molar-refractivity contribution is 7.99. The number of halogens is 1. The molecule has 0 heterocycles. The Morgan fingerprint density at radius 2 is 1.71 bits per heavy atom. The molecule has 0 aromatic carbocycles. The first-order valence-corrected chi connectivity index (χ1v) is 6.72. The molecule has 0 saturated heterocycles. The average Bonchev–Trinajstić information content (AvgIpc) is 2.22. The normalized spacial score (nSPS) is 28.3. The molecular formula is C10H19ClO2S. The van der Waals surface area contributed by atoms with E-state index < -0.39 is 0 Å². The number of aliphatic hydroxyl groups excluding tert-OH is 2. The molecule has 0 aromatic heterocycles. The minimum absolute atomic E-state index is 0.00345. The van der Waals surface area contributed by atoms with E-state index >= 15 is 0 Å². The Kier molecular flexibility index (Phi) is 6.26. The summed E-state index contributed by atoms with van der Waals surface area (Å²) in [5.74, 6) is 1.78. The standard InChI is InChI=1S/C10H19ClO2S/c11-9-3-1-8(2-4-9)7-14-10(5-12)6-13/h8-10,12-13H,1-7H2. The van der Waals surface area contributed by atoms with Gasteiger partial charge >= 0.3 is 0 Å². The van der Waals surface area contributed by atoms with Gasteiger partial charge in [0.25, 0.3) is 0 Å². The van der Waals surface area contributed by atoms with Gasteiger partial charge in [-0.2, -0.15) is 11.8 Å². The third kappa shape index (κ3) is 4.39. The molecular weight excluding hydrogens is 220 g/mol. The van der Waals surface area contributed by atoms with Gasteiger partial charge in [-0.15, -0.1) is 11.6 Å². The van der Waals surface area contributed by atoms with E-state index in [1.807, 2.05) is 0 Å². The summed E-state index contributed by atoms with van der Waals surface area (Å²) in [7, 11) is 0. The fourth-order valence-electron chi connectivity index (χ4n) is 1.72. The summed E-state index contributed by atoms with van der Waals surface area (Å²) in [6, 6.07) is 0. The highest BCUT2D eigenvalue weighted by Crippen LogP contribution is 2.30. The Labute approximate surface area is 95.0 Å². The third-order valence-corrected chi connectivity index (χ3v) is 4.62. The molecule has 0 amide bonds. The van der Waals surface area contributed by atoms with Crippen LogP contribution in [0, 0.1) is 5.92 Å². The lowest BCUT2D eigenvalue weighted by molar-refractivity contribution is 0.228. The van der Waals surface area contributed by atoms with Crippen LogP contribution in [0.5, 0.6) is 0 Å². The molecule has 0 aliphatic heterocycles. The zero-order valence-corrected chi connectivity index (χ0v) is 9.93. The molecule has 0 aromatic rings. The summed E-state index contributed by atoms with van der Waals surface area (Å²) < 4.78 is 0. The van der Waals surface area contributed by atoms with Gasteiger partial charge in [0.15, 0.2) is 0 Å². The summed E-state index contributed by atoms with van der Waals surface area (Å²) in [6.07, 6.45) is 4.64. The minimum atomic E-state index is 0.00345. The van der Waals surface area contributed by atoms with Crippen LogP contribution in [-0.2, 0) is 0 Å². The molecule has 0 unspecified atom stereocenters. The number of hydrogen-bond acceptors (Lipinski definition) is 3. The lowest BCUT2D eigenvalue weighted by atomic mass is 9.90. The van der Waals surface area contributed by atoms with Crippen molar-refractivity contribution < 1.29 is 10.2 Å². The van der Waals surface area contributed by atoms with Crippen molar-refractivity contribution in [1.29, 1.82) is 0 Å². The first kappa shape index (κ1) is 12.6. The Morgan fingerprint density at radius 1 is 1.14 bits per heavy atom. The van der Waals surface area contributed by atoms with Crippen LogP contribution in [0.1, 0.15) is 25.7 Å². The number of alkyl halides is 1. The molecule has 2 N–H and O–H groups in total. The minimum Gasteiger partial charge on any atom is -0.395 e. The van der Waals surface area contributed by atoms with Gasteiger partial charge in [0.05, 0.1) is 18.5 Å². The first-order chi connectivity index (χ1) is 6.76. The van der Waals surface area contributed by atoms with E-state index in [4.69, 9.17) is 21.8 Å². The topological polar surface area (TPSA) is 40.5 Å². The largest absolute Gasteiger partial charge is 0.395 e. The molecule has 84 valence electrons. The van der Waals surface area contributed by atoms with Crippen molar-refractivity contribution in [3.8, 4) is 0 Å². The molecule has 0 bridgehead atoms.